The number of aromatic nitrogens is 2. The number of likely N-dealkylation sites (tertiary alicyclic amines) is 1. The molecule has 1 fully saturated rings. The molecule has 0 saturated carbocycles. The van der Waals surface area contributed by atoms with Gasteiger partial charge in [-0.15, -0.1) is 0 Å². The maximum absolute atomic E-state index is 12.3. The molecule has 1 atom stereocenters. The van der Waals surface area contributed by atoms with Crippen LogP contribution < -0.4 is 4.74 Å². The lowest BCUT2D eigenvalue weighted by Gasteiger charge is -2.41. The topological polar surface area (TPSA) is 112 Å². The van der Waals surface area contributed by atoms with Gasteiger partial charge in [0, 0.05) is 36.1 Å². The predicted molar refractivity (Wildman–Crippen MR) is 129 cm³/mol. The van der Waals surface area contributed by atoms with Crippen LogP contribution >= 0.6 is 0 Å². The highest BCUT2D eigenvalue weighted by molar-refractivity contribution is 5.78. The number of rotatable bonds is 6. The second kappa shape index (κ2) is 9.16. The molecule has 1 N–H and O–H groups in total. The van der Waals surface area contributed by atoms with Crippen molar-refractivity contribution in [3.8, 4) is 34.7 Å². The third-order valence-corrected chi connectivity index (χ3v) is 7.01. The number of benzene rings is 2. The van der Waals surface area contributed by atoms with Crippen molar-refractivity contribution in [2.24, 2.45) is 0 Å². The predicted octanol–water partition coefficient (Wildman–Crippen LogP) is 3.86. The normalized spacial score (nSPS) is 19.3. The lowest BCUT2D eigenvalue weighted by molar-refractivity contribution is -0.136. The fraction of sp³-hybridized carbons (Fsp3) is 0.407. The molecule has 1 unspecified atom stereocenters. The summed E-state index contributed by atoms with van der Waals surface area (Å²) >= 11 is 0. The number of amides is 1. The standard InChI is InChI=1S/C27H28N4O4/c1-17(2)34-23-7-6-18(14-19(23)15-28)26-29-25(30-35-26)21-4-3-5-22-20(21)8-10-27(22)11-9-24(33)31(16-27)12-13-32/h3-7,14,17,32H,8-13,16H2,1-2H3. The van der Waals surface area contributed by atoms with Crippen LogP contribution in [0, 0.1) is 11.3 Å². The molecule has 1 amide bonds. The zero-order valence-electron chi connectivity index (χ0n) is 20.0. The smallest absolute Gasteiger partial charge is 0.258 e. The molecule has 1 saturated heterocycles. The Hall–Kier alpha value is -3.70. The molecular formula is C27H28N4O4. The van der Waals surface area contributed by atoms with Gasteiger partial charge in [0.05, 0.1) is 18.3 Å². The summed E-state index contributed by atoms with van der Waals surface area (Å²) in [5, 5.41) is 23.2. The number of β-amino-alcohol motifs (C(OH)–C–C–N with tert-alkyl or cyclic N) is 1. The van der Waals surface area contributed by atoms with Crippen molar-refractivity contribution in [2.75, 3.05) is 19.7 Å². The quantitative estimate of drug-likeness (QED) is 0.580. The number of nitriles is 1. The van der Waals surface area contributed by atoms with Crippen molar-refractivity contribution in [3.05, 3.63) is 53.1 Å². The second-order valence-electron chi connectivity index (χ2n) is 9.56. The number of aliphatic hydroxyl groups is 1. The van der Waals surface area contributed by atoms with Gasteiger partial charge in [0.1, 0.15) is 11.8 Å². The minimum absolute atomic E-state index is 0.0293. The molecule has 8 nitrogen and oxygen atoms in total. The van der Waals surface area contributed by atoms with Crippen molar-refractivity contribution < 1.29 is 19.2 Å². The van der Waals surface area contributed by atoms with Gasteiger partial charge in [-0.2, -0.15) is 10.2 Å². The summed E-state index contributed by atoms with van der Waals surface area (Å²) in [5.74, 6) is 1.49. The lowest BCUT2D eigenvalue weighted by Crippen LogP contribution is -2.48. The van der Waals surface area contributed by atoms with Crippen molar-refractivity contribution in [1.82, 2.24) is 15.0 Å². The molecule has 0 radical (unpaired) electrons. The number of carbonyl (C=O) groups excluding carboxylic acids is 1. The van der Waals surface area contributed by atoms with Crippen LogP contribution in [0.4, 0.5) is 0 Å². The number of hydrogen-bond acceptors (Lipinski definition) is 7. The summed E-state index contributed by atoms with van der Waals surface area (Å²) in [6, 6.07) is 13.6. The van der Waals surface area contributed by atoms with Crippen LogP contribution in [-0.4, -0.2) is 51.9 Å². The van der Waals surface area contributed by atoms with Crippen LogP contribution in [0.25, 0.3) is 22.8 Å². The average molecular weight is 473 g/mol. The van der Waals surface area contributed by atoms with Crippen molar-refractivity contribution in [2.45, 2.75) is 51.0 Å². The Morgan fingerprint density at radius 2 is 2.09 bits per heavy atom. The van der Waals surface area contributed by atoms with E-state index in [1.54, 1.807) is 17.0 Å². The molecule has 180 valence electrons. The number of carbonyl (C=O) groups is 1. The second-order valence-corrected chi connectivity index (χ2v) is 9.56. The average Bonchev–Trinajstić information content (AvgIpc) is 3.48. The maximum Gasteiger partial charge on any atom is 0.258 e. The molecule has 35 heavy (non-hydrogen) atoms. The number of aliphatic hydroxyl groups excluding tert-OH is 1. The summed E-state index contributed by atoms with van der Waals surface area (Å²) in [5.41, 5.74) is 4.33. The number of piperidine rings is 1. The zero-order chi connectivity index (χ0) is 24.6. The van der Waals surface area contributed by atoms with E-state index in [0.29, 0.717) is 48.1 Å². The van der Waals surface area contributed by atoms with Gasteiger partial charge < -0.3 is 19.3 Å². The highest BCUT2D eigenvalue weighted by Crippen LogP contribution is 2.47. The van der Waals surface area contributed by atoms with Crippen LogP contribution in [-0.2, 0) is 16.6 Å². The monoisotopic (exact) mass is 472 g/mol. The maximum atomic E-state index is 12.3. The number of ether oxygens (including phenoxy) is 1. The Kier molecular flexibility index (Phi) is 6.03. The van der Waals surface area contributed by atoms with Crippen LogP contribution in [0.5, 0.6) is 5.75 Å². The van der Waals surface area contributed by atoms with E-state index in [2.05, 4.69) is 22.3 Å². The van der Waals surface area contributed by atoms with Gasteiger partial charge in [0.25, 0.3) is 5.89 Å². The molecule has 1 spiro atoms. The van der Waals surface area contributed by atoms with E-state index in [0.717, 1.165) is 24.8 Å². The highest BCUT2D eigenvalue weighted by atomic mass is 16.5. The van der Waals surface area contributed by atoms with Crippen LogP contribution in [0.1, 0.15) is 49.8 Å². The first-order valence-corrected chi connectivity index (χ1v) is 12.0. The van der Waals surface area contributed by atoms with E-state index >= 15 is 0 Å². The van der Waals surface area contributed by atoms with E-state index in [4.69, 9.17) is 9.26 Å². The molecule has 5 rings (SSSR count). The third kappa shape index (κ3) is 4.17. The molecule has 2 aromatic carbocycles. The number of hydrogen-bond donors (Lipinski definition) is 1. The SMILES string of the molecule is CC(C)Oc1ccc(-c2nc(-c3cccc4c3CCC43CCC(=O)N(CCO)C3)no2)cc1C#N. The van der Waals surface area contributed by atoms with E-state index < -0.39 is 0 Å². The molecule has 2 aliphatic rings. The Balaban J connectivity index is 1.46. The van der Waals surface area contributed by atoms with Crippen LogP contribution in [0.15, 0.2) is 40.9 Å². The first-order chi connectivity index (χ1) is 16.9. The lowest BCUT2D eigenvalue weighted by atomic mass is 9.74. The first kappa shape index (κ1) is 23.1. The zero-order valence-corrected chi connectivity index (χ0v) is 20.0. The molecule has 0 bridgehead atoms. The van der Waals surface area contributed by atoms with E-state index in [-0.39, 0.29) is 24.0 Å². The van der Waals surface area contributed by atoms with E-state index in [1.807, 2.05) is 32.0 Å². The minimum Gasteiger partial charge on any atom is -0.490 e. The van der Waals surface area contributed by atoms with Crippen molar-refractivity contribution >= 4 is 5.91 Å². The molecule has 2 heterocycles. The largest absolute Gasteiger partial charge is 0.490 e. The molecule has 8 heteroatoms. The number of nitrogens with zero attached hydrogens (tertiary/aromatic N) is 4. The Morgan fingerprint density at radius 1 is 1.26 bits per heavy atom. The highest BCUT2D eigenvalue weighted by Gasteiger charge is 2.44. The van der Waals surface area contributed by atoms with Gasteiger partial charge in [-0.05, 0) is 62.4 Å². The van der Waals surface area contributed by atoms with Gasteiger partial charge in [-0.25, -0.2) is 0 Å². The number of fused-ring (bicyclic) bond motifs is 2. The summed E-state index contributed by atoms with van der Waals surface area (Å²) < 4.78 is 11.3. The van der Waals surface area contributed by atoms with E-state index in [1.165, 1.54) is 11.1 Å². The molecule has 1 aliphatic heterocycles. The van der Waals surface area contributed by atoms with Crippen LogP contribution in [0.3, 0.4) is 0 Å². The Labute approximate surface area is 204 Å². The van der Waals surface area contributed by atoms with Crippen molar-refractivity contribution in [3.63, 3.8) is 0 Å². The summed E-state index contributed by atoms with van der Waals surface area (Å²) in [6.45, 7) is 4.80. The van der Waals surface area contributed by atoms with E-state index in [9.17, 15) is 15.2 Å². The van der Waals surface area contributed by atoms with Crippen molar-refractivity contribution in [1.29, 1.82) is 5.26 Å². The fourth-order valence-corrected chi connectivity index (χ4v) is 5.40. The third-order valence-electron chi connectivity index (χ3n) is 7.01. The molecular weight excluding hydrogens is 444 g/mol. The first-order valence-electron chi connectivity index (χ1n) is 12.0. The van der Waals surface area contributed by atoms with Gasteiger partial charge in [0.2, 0.25) is 11.7 Å². The molecule has 3 aromatic rings. The Morgan fingerprint density at radius 3 is 2.86 bits per heavy atom. The summed E-state index contributed by atoms with van der Waals surface area (Å²) in [7, 11) is 0. The van der Waals surface area contributed by atoms with Gasteiger partial charge in [-0.1, -0.05) is 23.4 Å². The summed E-state index contributed by atoms with van der Waals surface area (Å²) in [4.78, 5) is 18.8. The van der Waals surface area contributed by atoms with Gasteiger partial charge in [-0.3, -0.25) is 4.79 Å². The van der Waals surface area contributed by atoms with Crippen LogP contribution in [0.2, 0.25) is 0 Å². The molecule has 1 aromatic heterocycles. The fourth-order valence-electron chi connectivity index (χ4n) is 5.40. The molecule has 1 aliphatic carbocycles. The van der Waals surface area contributed by atoms with Gasteiger partial charge >= 0.3 is 0 Å². The minimum atomic E-state index is -0.102. The van der Waals surface area contributed by atoms with Gasteiger partial charge in [0.15, 0.2) is 0 Å². The summed E-state index contributed by atoms with van der Waals surface area (Å²) in [6.07, 6.45) is 3.08. The Bertz CT molecular complexity index is 1310.